The van der Waals surface area contributed by atoms with Gasteiger partial charge in [-0.25, -0.2) is 24.7 Å². The first-order valence-corrected chi connectivity index (χ1v) is 12.8. The number of rotatable bonds is 6. The van der Waals surface area contributed by atoms with Crippen LogP contribution in [0.15, 0.2) is 29.9 Å². The van der Waals surface area contributed by atoms with Crippen LogP contribution in [0.4, 0.5) is 27.2 Å². The highest BCUT2D eigenvalue weighted by molar-refractivity contribution is 7.14. The second-order valence-corrected chi connectivity index (χ2v) is 9.48. The fourth-order valence-electron chi connectivity index (χ4n) is 4.33. The predicted molar refractivity (Wildman–Crippen MR) is 139 cm³/mol. The van der Waals surface area contributed by atoms with E-state index in [0.29, 0.717) is 56.4 Å². The van der Waals surface area contributed by atoms with Gasteiger partial charge in [0.1, 0.15) is 11.4 Å². The Morgan fingerprint density at radius 2 is 1.86 bits per heavy atom. The van der Waals surface area contributed by atoms with E-state index in [4.69, 9.17) is 15.6 Å². The van der Waals surface area contributed by atoms with Gasteiger partial charge in [0.15, 0.2) is 22.5 Å². The highest BCUT2D eigenvalue weighted by atomic mass is 32.1. The van der Waals surface area contributed by atoms with Crippen LogP contribution in [0.3, 0.4) is 0 Å². The number of amides is 2. The van der Waals surface area contributed by atoms with Gasteiger partial charge in [0.05, 0.1) is 25.1 Å². The first kappa shape index (κ1) is 24.6. The topological polar surface area (TPSA) is 172 Å². The maximum atomic E-state index is 13.2. The molecule has 37 heavy (non-hydrogen) atoms. The highest BCUT2D eigenvalue weighted by Gasteiger charge is 2.24. The van der Waals surface area contributed by atoms with E-state index >= 15 is 0 Å². The van der Waals surface area contributed by atoms with Gasteiger partial charge in [0.2, 0.25) is 0 Å². The number of nitrogens with one attached hydrogen (secondary N) is 2. The Hall–Kier alpha value is -4.04. The number of anilines is 4. The summed E-state index contributed by atoms with van der Waals surface area (Å²) in [5, 5.41) is 17.1. The zero-order valence-corrected chi connectivity index (χ0v) is 20.8. The molecule has 5 N–H and O–H groups in total. The van der Waals surface area contributed by atoms with Crippen molar-refractivity contribution in [1.82, 2.24) is 25.3 Å². The second-order valence-electron chi connectivity index (χ2n) is 8.64. The summed E-state index contributed by atoms with van der Waals surface area (Å²) in [5.41, 5.74) is 7.81. The molecule has 2 fully saturated rings. The second kappa shape index (κ2) is 10.9. The molecule has 0 spiro atoms. The van der Waals surface area contributed by atoms with Crippen LogP contribution >= 0.6 is 11.3 Å². The largest absolute Gasteiger partial charge is 0.465 e. The molecule has 0 aromatic carbocycles. The smallest absolute Gasteiger partial charge is 0.404 e. The number of piperidine rings is 1. The summed E-state index contributed by atoms with van der Waals surface area (Å²) in [5.74, 6) is -0.159. The number of carboxylic acid groups (broad SMARTS) is 1. The van der Waals surface area contributed by atoms with Crippen molar-refractivity contribution in [2.45, 2.75) is 18.9 Å². The Bertz CT molecular complexity index is 1270. The van der Waals surface area contributed by atoms with Crippen LogP contribution in [0.5, 0.6) is 0 Å². The number of hydrogen-bond acceptors (Lipinski definition) is 11. The third-order valence-corrected chi connectivity index (χ3v) is 7.13. The quantitative estimate of drug-likeness (QED) is 0.370. The van der Waals surface area contributed by atoms with Crippen molar-refractivity contribution in [3.05, 3.63) is 35.6 Å². The van der Waals surface area contributed by atoms with Crippen LogP contribution in [0.1, 0.15) is 23.3 Å². The third-order valence-electron chi connectivity index (χ3n) is 6.23. The molecule has 0 atom stereocenters. The average Bonchev–Trinajstić information content (AvgIpc) is 3.40. The summed E-state index contributed by atoms with van der Waals surface area (Å²) >= 11 is 1.50. The monoisotopic (exact) mass is 525 g/mol. The minimum absolute atomic E-state index is 0.00271. The molecule has 2 aliphatic heterocycles. The number of pyridine rings is 1. The highest BCUT2D eigenvalue weighted by Crippen LogP contribution is 2.29. The Kier molecular flexibility index (Phi) is 7.28. The first-order chi connectivity index (χ1) is 18.0. The van der Waals surface area contributed by atoms with Gasteiger partial charge in [-0.3, -0.25) is 4.79 Å². The van der Waals surface area contributed by atoms with Crippen LogP contribution in [0.2, 0.25) is 0 Å². The molecule has 0 bridgehead atoms. The molecule has 0 saturated carbocycles. The molecule has 13 nitrogen and oxygen atoms in total. The van der Waals surface area contributed by atoms with Gasteiger partial charge >= 0.3 is 6.09 Å². The third kappa shape index (κ3) is 5.70. The van der Waals surface area contributed by atoms with Gasteiger partial charge in [0, 0.05) is 43.8 Å². The zero-order valence-electron chi connectivity index (χ0n) is 20.0. The molecule has 5 heterocycles. The van der Waals surface area contributed by atoms with Gasteiger partial charge in [-0.1, -0.05) is 0 Å². The van der Waals surface area contributed by atoms with E-state index in [1.807, 2.05) is 11.4 Å². The summed E-state index contributed by atoms with van der Waals surface area (Å²) < 4.78 is 5.40. The molecule has 3 aromatic heterocycles. The van der Waals surface area contributed by atoms with Crippen LogP contribution < -0.4 is 26.2 Å². The molecule has 0 radical (unpaired) electrons. The van der Waals surface area contributed by atoms with Crippen LogP contribution in [-0.4, -0.2) is 82.5 Å². The lowest BCUT2D eigenvalue weighted by Crippen LogP contribution is -2.44. The van der Waals surface area contributed by atoms with Gasteiger partial charge < -0.3 is 36.0 Å². The molecule has 5 rings (SSSR count). The van der Waals surface area contributed by atoms with Crippen molar-refractivity contribution >= 4 is 45.8 Å². The van der Waals surface area contributed by atoms with E-state index in [0.717, 1.165) is 23.9 Å². The van der Waals surface area contributed by atoms with E-state index in [1.165, 1.54) is 17.5 Å². The molecule has 0 unspecified atom stereocenters. The molecule has 2 aliphatic rings. The van der Waals surface area contributed by atoms with Gasteiger partial charge in [-0.2, -0.15) is 0 Å². The van der Waals surface area contributed by atoms with Crippen molar-refractivity contribution in [2.24, 2.45) is 0 Å². The maximum absolute atomic E-state index is 13.2. The van der Waals surface area contributed by atoms with Crippen molar-refractivity contribution in [2.75, 3.05) is 60.2 Å². The van der Waals surface area contributed by atoms with Crippen molar-refractivity contribution in [1.29, 1.82) is 0 Å². The molecule has 194 valence electrons. The summed E-state index contributed by atoms with van der Waals surface area (Å²) in [6.45, 7) is 4.10. The van der Waals surface area contributed by atoms with Gasteiger partial charge in [-0.15, -0.1) is 11.3 Å². The lowest BCUT2D eigenvalue weighted by molar-refractivity contribution is 0.102. The standard InChI is InChI=1S/C23H27N9O4S/c24-19-18(28-15(12-26-19)16-13-37-22(29-16)32-8-10-36-11-9-32)21(33)30-20-17(2-1-5-25-20)31-6-3-14(4-7-31)27-23(34)35/h1-2,5,12-14,27H,3-4,6-11H2,(H2,24,26)(H,34,35)(H,25,30,33). The summed E-state index contributed by atoms with van der Waals surface area (Å²) in [6, 6.07) is 3.55. The summed E-state index contributed by atoms with van der Waals surface area (Å²) in [4.78, 5) is 46.0. The van der Waals surface area contributed by atoms with E-state index < -0.39 is 12.0 Å². The number of thiazole rings is 1. The van der Waals surface area contributed by atoms with Crippen molar-refractivity contribution < 1.29 is 19.4 Å². The normalized spacial score (nSPS) is 16.4. The number of carbonyl (C=O) groups excluding carboxylic acids is 1. The fourth-order valence-corrected chi connectivity index (χ4v) is 5.20. The van der Waals surface area contributed by atoms with E-state index in [1.54, 1.807) is 12.3 Å². The number of morpholine rings is 1. The first-order valence-electron chi connectivity index (χ1n) is 11.9. The number of nitrogens with two attached hydrogens (primary N) is 1. The number of hydrogen-bond donors (Lipinski definition) is 4. The predicted octanol–water partition coefficient (Wildman–Crippen LogP) is 1.90. The van der Waals surface area contributed by atoms with Gasteiger partial charge in [-0.05, 0) is 25.0 Å². The SMILES string of the molecule is Nc1ncc(-c2csc(N3CCOCC3)n2)nc1C(=O)Nc1ncccc1N1CCC(NC(=O)O)CC1. The van der Waals surface area contributed by atoms with E-state index in [2.05, 4.69) is 40.4 Å². The van der Waals surface area contributed by atoms with E-state index in [-0.39, 0.29) is 17.6 Å². The molecule has 14 heteroatoms. The van der Waals surface area contributed by atoms with Crippen molar-refractivity contribution in [3.8, 4) is 11.4 Å². The Morgan fingerprint density at radius 1 is 1.08 bits per heavy atom. The Labute approximate surface area is 216 Å². The number of carbonyl (C=O) groups is 2. The molecular formula is C23H27N9O4S. The van der Waals surface area contributed by atoms with Crippen molar-refractivity contribution in [3.63, 3.8) is 0 Å². The fraction of sp³-hybridized carbons (Fsp3) is 0.391. The Morgan fingerprint density at radius 3 is 2.62 bits per heavy atom. The Balaban J connectivity index is 1.31. The minimum atomic E-state index is -1.02. The van der Waals surface area contributed by atoms with Crippen LogP contribution in [0, 0.1) is 0 Å². The molecular weight excluding hydrogens is 498 g/mol. The number of nitrogen functional groups attached to an aromatic ring is 1. The van der Waals surface area contributed by atoms with E-state index in [9.17, 15) is 9.59 Å². The van der Waals surface area contributed by atoms with Crippen LogP contribution in [-0.2, 0) is 4.74 Å². The average molecular weight is 526 g/mol. The molecule has 2 saturated heterocycles. The number of aromatic nitrogens is 4. The summed E-state index contributed by atoms with van der Waals surface area (Å²) in [6.07, 6.45) is 3.37. The number of ether oxygens (including phenoxy) is 1. The minimum Gasteiger partial charge on any atom is -0.465 e. The lowest BCUT2D eigenvalue weighted by atomic mass is 10.0. The van der Waals surface area contributed by atoms with Crippen LogP contribution in [0.25, 0.3) is 11.4 Å². The number of nitrogens with zero attached hydrogens (tertiary/aromatic N) is 6. The summed E-state index contributed by atoms with van der Waals surface area (Å²) in [7, 11) is 0. The zero-order chi connectivity index (χ0) is 25.8. The molecule has 0 aliphatic carbocycles. The molecule has 3 aromatic rings. The molecule has 2 amide bonds. The van der Waals surface area contributed by atoms with Gasteiger partial charge in [0.25, 0.3) is 5.91 Å². The maximum Gasteiger partial charge on any atom is 0.404 e. The lowest BCUT2D eigenvalue weighted by Gasteiger charge is -2.34.